The molecule has 122 valence electrons. The van der Waals surface area contributed by atoms with Crippen LogP contribution in [0.5, 0.6) is 0 Å². The van der Waals surface area contributed by atoms with Crippen LogP contribution in [0.25, 0.3) is 10.8 Å². The van der Waals surface area contributed by atoms with Crippen LogP contribution in [0.3, 0.4) is 0 Å². The topological polar surface area (TPSA) is 92.9 Å². The van der Waals surface area contributed by atoms with Gasteiger partial charge in [-0.05, 0) is 18.4 Å². The standard InChI is InChI=1S/C15H16N2O5S/c1-9-10(16-14(22-9)12-3-2-6-23-12)7-13(18)17-4-5-21-8-11(17)15(19)20/h2-3,6,11H,4-5,7-8H2,1H3,(H,19,20)/t11-/m0/s1. The number of thiophene rings is 1. The fourth-order valence-electron chi connectivity index (χ4n) is 2.45. The number of nitrogens with zero attached hydrogens (tertiary/aromatic N) is 2. The highest BCUT2D eigenvalue weighted by atomic mass is 32.1. The predicted molar refractivity (Wildman–Crippen MR) is 82.2 cm³/mol. The molecule has 0 saturated carbocycles. The van der Waals surface area contributed by atoms with E-state index in [4.69, 9.17) is 9.15 Å². The van der Waals surface area contributed by atoms with E-state index in [0.29, 0.717) is 24.0 Å². The van der Waals surface area contributed by atoms with Crippen LogP contribution in [-0.4, -0.2) is 52.7 Å². The van der Waals surface area contributed by atoms with Crippen molar-refractivity contribution < 1.29 is 23.8 Å². The van der Waals surface area contributed by atoms with E-state index < -0.39 is 12.0 Å². The summed E-state index contributed by atoms with van der Waals surface area (Å²) in [6.07, 6.45) is 0.0183. The normalized spacial score (nSPS) is 18.1. The van der Waals surface area contributed by atoms with Crippen LogP contribution in [0.4, 0.5) is 0 Å². The van der Waals surface area contributed by atoms with Gasteiger partial charge in [0.25, 0.3) is 0 Å². The van der Waals surface area contributed by atoms with Crippen molar-refractivity contribution in [2.24, 2.45) is 0 Å². The van der Waals surface area contributed by atoms with Gasteiger partial charge in [-0.15, -0.1) is 11.3 Å². The first-order chi connectivity index (χ1) is 11.1. The molecule has 0 spiro atoms. The molecule has 2 aromatic heterocycles. The van der Waals surface area contributed by atoms with Gasteiger partial charge >= 0.3 is 5.97 Å². The summed E-state index contributed by atoms with van der Waals surface area (Å²) in [6.45, 7) is 2.37. The number of rotatable bonds is 4. The summed E-state index contributed by atoms with van der Waals surface area (Å²) >= 11 is 1.50. The van der Waals surface area contributed by atoms with Crippen LogP contribution in [0.15, 0.2) is 21.9 Å². The molecule has 0 bridgehead atoms. The Balaban J connectivity index is 1.76. The van der Waals surface area contributed by atoms with Gasteiger partial charge in [0, 0.05) is 6.54 Å². The lowest BCUT2D eigenvalue weighted by Crippen LogP contribution is -2.53. The maximum absolute atomic E-state index is 12.5. The molecule has 1 fully saturated rings. The van der Waals surface area contributed by atoms with Crippen molar-refractivity contribution in [3.05, 3.63) is 29.0 Å². The second-order valence-corrected chi connectivity index (χ2v) is 6.14. The Labute approximate surface area is 136 Å². The second-order valence-electron chi connectivity index (χ2n) is 5.19. The quantitative estimate of drug-likeness (QED) is 0.911. The molecule has 3 heterocycles. The van der Waals surface area contributed by atoms with Crippen molar-refractivity contribution >= 4 is 23.2 Å². The molecule has 1 aliphatic rings. The minimum Gasteiger partial charge on any atom is -0.480 e. The minimum absolute atomic E-state index is 0.0132. The molecule has 0 aromatic carbocycles. The number of aryl methyl sites for hydroxylation is 1. The highest BCUT2D eigenvalue weighted by Gasteiger charge is 2.33. The molecule has 0 radical (unpaired) electrons. The van der Waals surface area contributed by atoms with Crippen molar-refractivity contribution in [3.63, 3.8) is 0 Å². The third kappa shape index (κ3) is 3.27. The Morgan fingerprint density at radius 2 is 2.35 bits per heavy atom. The lowest BCUT2D eigenvalue weighted by Gasteiger charge is -2.32. The fourth-order valence-corrected chi connectivity index (χ4v) is 3.10. The Kier molecular flexibility index (Phi) is 4.44. The average molecular weight is 336 g/mol. The van der Waals surface area contributed by atoms with E-state index in [1.54, 1.807) is 6.92 Å². The maximum Gasteiger partial charge on any atom is 0.328 e. The highest BCUT2D eigenvalue weighted by Crippen LogP contribution is 2.26. The molecule has 7 nitrogen and oxygen atoms in total. The van der Waals surface area contributed by atoms with Crippen molar-refractivity contribution in [1.29, 1.82) is 0 Å². The summed E-state index contributed by atoms with van der Waals surface area (Å²) in [5.74, 6) is -0.289. The molecule has 0 aliphatic carbocycles. The predicted octanol–water partition coefficient (Wildman–Crippen LogP) is 1.57. The van der Waals surface area contributed by atoms with E-state index in [1.165, 1.54) is 16.2 Å². The monoisotopic (exact) mass is 336 g/mol. The number of hydrogen-bond acceptors (Lipinski definition) is 6. The van der Waals surface area contributed by atoms with Crippen molar-refractivity contribution in [2.75, 3.05) is 19.8 Å². The van der Waals surface area contributed by atoms with Crippen LogP contribution >= 0.6 is 11.3 Å². The number of aromatic nitrogens is 1. The first kappa shape index (κ1) is 15.7. The zero-order valence-electron chi connectivity index (χ0n) is 12.5. The highest BCUT2D eigenvalue weighted by molar-refractivity contribution is 7.13. The van der Waals surface area contributed by atoms with Gasteiger partial charge in [-0.3, -0.25) is 4.79 Å². The van der Waals surface area contributed by atoms with Gasteiger partial charge in [0.1, 0.15) is 5.76 Å². The van der Waals surface area contributed by atoms with E-state index in [0.717, 1.165) is 4.88 Å². The van der Waals surface area contributed by atoms with Crippen molar-refractivity contribution in [2.45, 2.75) is 19.4 Å². The number of aliphatic carboxylic acids is 1. The zero-order valence-corrected chi connectivity index (χ0v) is 13.3. The summed E-state index contributed by atoms with van der Waals surface area (Å²) in [7, 11) is 0. The summed E-state index contributed by atoms with van der Waals surface area (Å²) < 4.78 is 10.8. The first-order valence-corrected chi connectivity index (χ1v) is 8.04. The molecule has 1 atom stereocenters. The van der Waals surface area contributed by atoms with Gasteiger partial charge in [-0.2, -0.15) is 0 Å². The van der Waals surface area contributed by atoms with Gasteiger partial charge in [0.2, 0.25) is 11.8 Å². The molecule has 2 aromatic rings. The number of carbonyl (C=O) groups excluding carboxylic acids is 1. The number of ether oxygens (including phenoxy) is 1. The number of hydrogen-bond donors (Lipinski definition) is 1. The minimum atomic E-state index is -1.06. The number of carboxylic acids is 1. The molecule has 8 heteroatoms. The molecule has 1 saturated heterocycles. The molecule has 23 heavy (non-hydrogen) atoms. The lowest BCUT2D eigenvalue weighted by atomic mass is 10.2. The number of carbonyl (C=O) groups is 2. The van der Waals surface area contributed by atoms with Gasteiger partial charge in [0.15, 0.2) is 6.04 Å². The molecule has 1 N–H and O–H groups in total. The Hall–Kier alpha value is -2.19. The van der Waals surface area contributed by atoms with Crippen molar-refractivity contribution in [1.82, 2.24) is 9.88 Å². The van der Waals surface area contributed by atoms with E-state index in [1.807, 2.05) is 17.5 Å². The second kappa shape index (κ2) is 6.51. The smallest absolute Gasteiger partial charge is 0.328 e. The molecule has 1 aliphatic heterocycles. The number of carboxylic acid groups (broad SMARTS) is 1. The Morgan fingerprint density at radius 3 is 3.04 bits per heavy atom. The van der Waals surface area contributed by atoms with E-state index in [-0.39, 0.29) is 25.5 Å². The molecule has 0 unspecified atom stereocenters. The SMILES string of the molecule is Cc1oc(-c2cccs2)nc1CC(=O)N1CCOC[C@H]1C(=O)O. The fraction of sp³-hybridized carbons (Fsp3) is 0.400. The molecule has 1 amide bonds. The molecular formula is C15H16N2O5S. The van der Waals surface area contributed by atoms with Crippen molar-refractivity contribution in [3.8, 4) is 10.8 Å². The largest absolute Gasteiger partial charge is 0.480 e. The Morgan fingerprint density at radius 1 is 1.52 bits per heavy atom. The van der Waals surface area contributed by atoms with Crippen LogP contribution in [0.1, 0.15) is 11.5 Å². The van der Waals surface area contributed by atoms with Crippen LogP contribution in [-0.2, 0) is 20.7 Å². The van der Waals surface area contributed by atoms with E-state index in [2.05, 4.69) is 4.98 Å². The summed E-state index contributed by atoms with van der Waals surface area (Å²) in [6, 6.07) is 2.85. The average Bonchev–Trinajstić information content (AvgIpc) is 3.17. The van der Waals surface area contributed by atoms with Gasteiger partial charge in [0.05, 0.1) is 30.2 Å². The summed E-state index contributed by atoms with van der Waals surface area (Å²) in [5.41, 5.74) is 0.536. The van der Waals surface area contributed by atoms with Crippen LogP contribution in [0, 0.1) is 6.92 Å². The summed E-state index contributed by atoms with van der Waals surface area (Å²) in [5, 5.41) is 11.1. The Bertz CT molecular complexity index is 710. The van der Waals surface area contributed by atoms with Gasteiger partial charge < -0.3 is 19.2 Å². The lowest BCUT2D eigenvalue weighted by molar-refractivity contribution is -0.158. The summed E-state index contributed by atoms with van der Waals surface area (Å²) in [4.78, 5) is 30.3. The molecule has 3 rings (SSSR count). The van der Waals surface area contributed by atoms with Crippen LogP contribution in [0.2, 0.25) is 0 Å². The molecular weight excluding hydrogens is 320 g/mol. The first-order valence-electron chi connectivity index (χ1n) is 7.16. The van der Waals surface area contributed by atoms with E-state index >= 15 is 0 Å². The maximum atomic E-state index is 12.5. The van der Waals surface area contributed by atoms with E-state index in [9.17, 15) is 14.7 Å². The van der Waals surface area contributed by atoms with Gasteiger partial charge in [-0.1, -0.05) is 6.07 Å². The third-order valence-electron chi connectivity index (χ3n) is 3.68. The zero-order chi connectivity index (χ0) is 16.4. The number of oxazole rings is 1. The van der Waals surface area contributed by atoms with Crippen LogP contribution < -0.4 is 0 Å². The number of amides is 1. The number of morpholine rings is 1. The third-order valence-corrected chi connectivity index (χ3v) is 4.54. The van der Waals surface area contributed by atoms with Gasteiger partial charge in [-0.25, -0.2) is 9.78 Å².